The summed E-state index contributed by atoms with van der Waals surface area (Å²) in [6, 6.07) is 6.37. The van der Waals surface area contributed by atoms with Gasteiger partial charge in [-0.1, -0.05) is 24.3 Å². The number of aldehydes is 2. The second-order valence-electron chi connectivity index (χ2n) is 3.52. The number of nitrogen functional groups attached to an aromatic ring is 1. The summed E-state index contributed by atoms with van der Waals surface area (Å²) in [4.78, 5) is 21.3. The van der Waals surface area contributed by atoms with Gasteiger partial charge in [-0.25, -0.2) is 0 Å². The van der Waals surface area contributed by atoms with Crippen molar-refractivity contribution in [2.24, 2.45) is 11.5 Å². The van der Waals surface area contributed by atoms with Gasteiger partial charge in [0, 0.05) is 12.0 Å². The van der Waals surface area contributed by atoms with E-state index in [9.17, 15) is 9.59 Å². The lowest BCUT2D eigenvalue weighted by atomic mass is 9.89. The molecule has 0 saturated carbocycles. The number of hydrogen-bond acceptors (Lipinski definition) is 4. The van der Waals surface area contributed by atoms with E-state index in [1.54, 1.807) is 24.3 Å². The van der Waals surface area contributed by atoms with Gasteiger partial charge in [0.1, 0.15) is 23.9 Å². The van der Waals surface area contributed by atoms with Gasteiger partial charge in [-0.15, -0.1) is 0 Å². The molecule has 0 radical (unpaired) electrons. The minimum absolute atomic E-state index is 0.0596. The first kappa shape index (κ1) is 12.1. The van der Waals surface area contributed by atoms with Crippen LogP contribution in [0.2, 0.25) is 0 Å². The monoisotopic (exact) mass is 219 g/mol. The summed E-state index contributed by atoms with van der Waals surface area (Å²) in [5.41, 5.74) is 10.8. The number of carbonyl (C=O) groups excluding carboxylic acids is 2. The fourth-order valence-corrected chi connectivity index (χ4v) is 1.33. The Balaban J connectivity index is 3.08. The molecule has 1 aromatic carbocycles. The maximum atomic E-state index is 10.9. The van der Waals surface area contributed by atoms with Gasteiger partial charge < -0.3 is 21.1 Å². The van der Waals surface area contributed by atoms with Crippen LogP contribution in [0.5, 0.6) is 0 Å². The highest BCUT2D eigenvalue weighted by molar-refractivity contribution is 5.95. The molecule has 0 fully saturated rings. The second-order valence-corrected chi connectivity index (χ2v) is 3.52. The van der Waals surface area contributed by atoms with Crippen molar-refractivity contribution in [1.82, 2.24) is 0 Å². The molecule has 1 unspecified atom stereocenters. The Hall–Kier alpha value is -2.01. The molecule has 0 heterocycles. The van der Waals surface area contributed by atoms with E-state index in [-0.39, 0.29) is 12.3 Å². The van der Waals surface area contributed by atoms with Crippen molar-refractivity contribution in [3.63, 3.8) is 0 Å². The van der Waals surface area contributed by atoms with Gasteiger partial charge >= 0.3 is 0 Å². The van der Waals surface area contributed by atoms with E-state index >= 15 is 0 Å². The Morgan fingerprint density at radius 3 is 2.25 bits per heavy atom. The van der Waals surface area contributed by atoms with Crippen LogP contribution in [0.25, 0.3) is 0 Å². The second kappa shape index (κ2) is 4.67. The third kappa shape index (κ3) is 2.32. The predicted molar refractivity (Wildman–Crippen MR) is 60.1 cm³/mol. The average Bonchev–Trinajstić information content (AvgIpc) is 2.29. The molecule has 0 amide bonds. The molecule has 1 aromatic rings. The maximum Gasteiger partial charge on any atom is 0.144 e. The first-order valence-electron chi connectivity index (χ1n) is 4.67. The lowest BCUT2D eigenvalue weighted by molar-refractivity contribution is -0.116. The van der Waals surface area contributed by atoms with Gasteiger partial charge in [0.05, 0.1) is 0 Å². The van der Waals surface area contributed by atoms with E-state index in [0.717, 1.165) is 0 Å². The number of carbonyl (C=O) groups is 2. The van der Waals surface area contributed by atoms with Gasteiger partial charge in [-0.05, 0) is 5.56 Å². The maximum absolute atomic E-state index is 10.9. The van der Waals surface area contributed by atoms with Crippen LogP contribution in [-0.2, 0) is 15.1 Å². The zero-order valence-electron chi connectivity index (χ0n) is 8.64. The van der Waals surface area contributed by atoms with Crippen LogP contribution in [-0.4, -0.2) is 18.4 Å². The molecule has 84 valence electrons. The molecular formula is C11H13N3O2. The highest BCUT2D eigenvalue weighted by Gasteiger charge is 2.26. The minimum atomic E-state index is -1.29. The SMILES string of the molecule is N=C(N)c1ccc(C(N)(C=O)CC=O)cc1. The Labute approximate surface area is 92.9 Å². The summed E-state index contributed by atoms with van der Waals surface area (Å²) < 4.78 is 0. The molecule has 0 aliphatic carbocycles. The Morgan fingerprint density at radius 1 is 1.31 bits per heavy atom. The molecule has 0 aliphatic rings. The average molecular weight is 219 g/mol. The molecule has 0 spiro atoms. The summed E-state index contributed by atoms with van der Waals surface area (Å²) in [7, 11) is 0. The summed E-state index contributed by atoms with van der Waals surface area (Å²) in [6.45, 7) is 0. The zero-order valence-corrected chi connectivity index (χ0v) is 8.64. The van der Waals surface area contributed by atoms with E-state index < -0.39 is 5.54 Å². The number of rotatable bonds is 5. The van der Waals surface area contributed by atoms with E-state index in [4.69, 9.17) is 16.9 Å². The molecule has 5 nitrogen and oxygen atoms in total. The molecule has 0 aromatic heterocycles. The third-order valence-electron chi connectivity index (χ3n) is 2.36. The number of amidine groups is 1. The summed E-state index contributed by atoms with van der Waals surface area (Å²) in [6.07, 6.45) is 1.08. The van der Waals surface area contributed by atoms with Crippen molar-refractivity contribution in [3.05, 3.63) is 35.4 Å². The van der Waals surface area contributed by atoms with Crippen molar-refractivity contribution in [1.29, 1.82) is 5.41 Å². The number of nitrogens with two attached hydrogens (primary N) is 2. The van der Waals surface area contributed by atoms with E-state index in [0.29, 0.717) is 23.7 Å². The highest BCUT2D eigenvalue weighted by Crippen LogP contribution is 2.19. The van der Waals surface area contributed by atoms with Gasteiger partial charge in [0.2, 0.25) is 0 Å². The van der Waals surface area contributed by atoms with Crippen LogP contribution in [0.3, 0.4) is 0 Å². The first-order chi connectivity index (χ1) is 7.53. The summed E-state index contributed by atoms with van der Waals surface area (Å²) in [5, 5.41) is 7.21. The van der Waals surface area contributed by atoms with Gasteiger partial charge in [0.15, 0.2) is 0 Å². The largest absolute Gasteiger partial charge is 0.384 e. The van der Waals surface area contributed by atoms with Gasteiger partial charge in [-0.2, -0.15) is 0 Å². The number of hydrogen-bond donors (Lipinski definition) is 3. The van der Waals surface area contributed by atoms with Crippen LogP contribution in [0, 0.1) is 5.41 Å². The molecule has 0 bridgehead atoms. The van der Waals surface area contributed by atoms with Gasteiger partial charge in [-0.3, -0.25) is 5.41 Å². The molecule has 5 heteroatoms. The third-order valence-corrected chi connectivity index (χ3v) is 2.36. The molecule has 0 saturated heterocycles. The van der Waals surface area contributed by atoms with E-state index in [2.05, 4.69) is 0 Å². The van der Waals surface area contributed by atoms with Gasteiger partial charge in [0.25, 0.3) is 0 Å². The van der Waals surface area contributed by atoms with Crippen molar-refractivity contribution in [3.8, 4) is 0 Å². The Kier molecular flexibility index (Phi) is 3.52. The quantitative estimate of drug-likeness (QED) is 0.365. The highest BCUT2D eigenvalue weighted by atomic mass is 16.1. The normalized spacial score (nSPS) is 13.8. The molecule has 0 aliphatic heterocycles. The predicted octanol–water partition coefficient (Wildman–Crippen LogP) is -0.0874. The van der Waals surface area contributed by atoms with E-state index in [1.807, 2.05) is 0 Å². The van der Waals surface area contributed by atoms with Crippen molar-refractivity contribution in [2.75, 3.05) is 0 Å². The fourth-order valence-electron chi connectivity index (χ4n) is 1.33. The van der Waals surface area contributed by atoms with Crippen LogP contribution >= 0.6 is 0 Å². The number of benzene rings is 1. The van der Waals surface area contributed by atoms with Crippen molar-refractivity contribution >= 4 is 18.4 Å². The number of nitrogens with one attached hydrogen (secondary N) is 1. The zero-order chi connectivity index (χ0) is 12.2. The summed E-state index contributed by atoms with van der Waals surface area (Å²) in [5.74, 6) is -0.0596. The molecule has 1 atom stereocenters. The van der Waals surface area contributed by atoms with Crippen LogP contribution in [0.1, 0.15) is 17.5 Å². The Bertz CT molecular complexity index is 414. The molecule has 1 rings (SSSR count). The fraction of sp³-hybridized carbons (Fsp3) is 0.182. The van der Waals surface area contributed by atoms with Crippen molar-refractivity contribution in [2.45, 2.75) is 12.0 Å². The molecule has 5 N–H and O–H groups in total. The summed E-state index contributed by atoms with van der Waals surface area (Å²) >= 11 is 0. The van der Waals surface area contributed by atoms with E-state index in [1.165, 1.54) is 0 Å². The lowest BCUT2D eigenvalue weighted by Gasteiger charge is -2.20. The molecular weight excluding hydrogens is 206 g/mol. The molecule has 16 heavy (non-hydrogen) atoms. The lowest BCUT2D eigenvalue weighted by Crippen LogP contribution is -2.38. The standard InChI is InChI=1S/C11H13N3O2/c12-10(13)8-1-3-9(4-2-8)11(14,7-16)5-6-15/h1-4,6-7H,5,14H2,(H3,12,13). The minimum Gasteiger partial charge on any atom is -0.384 e. The Morgan fingerprint density at radius 2 is 1.88 bits per heavy atom. The smallest absolute Gasteiger partial charge is 0.144 e. The first-order valence-corrected chi connectivity index (χ1v) is 4.67. The van der Waals surface area contributed by atoms with Crippen LogP contribution in [0.15, 0.2) is 24.3 Å². The topological polar surface area (TPSA) is 110 Å². The van der Waals surface area contributed by atoms with Crippen molar-refractivity contribution < 1.29 is 9.59 Å². The van der Waals surface area contributed by atoms with Crippen LogP contribution < -0.4 is 11.5 Å². The van der Waals surface area contributed by atoms with Crippen LogP contribution in [0.4, 0.5) is 0 Å².